The summed E-state index contributed by atoms with van der Waals surface area (Å²) < 4.78 is 16.7. The van der Waals surface area contributed by atoms with Crippen molar-refractivity contribution in [2.24, 2.45) is 0 Å². The smallest absolute Gasteiger partial charge is 0.142 e. The van der Waals surface area contributed by atoms with Crippen LogP contribution in [0.3, 0.4) is 0 Å². The Balaban J connectivity index is 2.02. The standard InChI is InChI=1S/C11H12FN3S/c1-7-10(13)15-16-11(7)14-6-8-2-4-9(12)5-3-8/h2-5,14H,6H2,1H3,(H2,13,15). The number of rotatable bonds is 3. The van der Waals surface area contributed by atoms with E-state index in [0.717, 1.165) is 16.1 Å². The molecule has 0 radical (unpaired) electrons. The molecule has 0 fully saturated rings. The second-order valence-electron chi connectivity index (χ2n) is 3.50. The highest BCUT2D eigenvalue weighted by Crippen LogP contribution is 2.25. The zero-order valence-corrected chi connectivity index (χ0v) is 9.64. The first-order valence-electron chi connectivity index (χ1n) is 4.87. The van der Waals surface area contributed by atoms with Gasteiger partial charge in [0.2, 0.25) is 0 Å². The number of hydrogen-bond acceptors (Lipinski definition) is 4. The molecule has 1 heterocycles. The van der Waals surface area contributed by atoms with E-state index in [4.69, 9.17) is 5.73 Å². The molecule has 1 aromatic heterocycles. The molecule has 0 unspecified atom stereocenters. The van der Waals surface area contributed by atoms with Crippen molar-refractivity contribution in [2.75, 3.05) is 11.1 Å². The Morgan fingerprint density at radius 2 is 2.06 bits per heavy atom. The van der Waals surface area contributed by atoms with Crippen LogP contribution in [-0.2, 0) is 6.54 Å². The molecular weight excluding hydrogens is 225 g/mol. The number of aromatic nitrogens is 1. The van der Waals surface area contributed by atoms with Crippen molar-refractivity contribution in [3.05, 3.63) is 41.2 Å². The molecule has 0 atom stereocenters. The predicted molar refractivity (Wildman–Crippen MR) is 65.0 cm³/mol. The van der Waals surface area contributed by atoms with Crippen molar-refractivity contribution in [1.29, 1.82) is 0 Å². The Bertz CT molecular complexity index is 478. The summed E-state index contributed by atoms with van der Waals surface area (Å²) in [5, 5.41) is 4.18. The molecular formula is C11H12FN3S. The van der Waals surface area contributed by atoms with Gasteiger partial charge >= 0.3 is 0 Å². The van der Waals surface area contributed by atoms with Gasteiger partial charge in [-0.15, -0.1) is 0 Å². The van der Waals surface area contributed by atoms with Crippen molar-refractivity contribution < 1.29 is 4.39 Å². The summed E-state index contributed by atoms with van der Waals surface area (Å²) in [4.78, 5) is 0. The average Bonchev–Trinajstić information content (AvgIpc) is 2.60. The Morgan fingerprint density at radius 1 is 1.38 bits per heavy atom. The van der Waals surface area contributed by atoms with Gasteiger partial charge in [-0.1, -0.05) is 12.1 Å². The minimum absolute atomic E-state index is 0.220. The highest BCUT2D eigenvalue weighted by Gasteiger charge is 2.05. The van der Waals surface area contributed by atoms with E-state index in [2.05, 4.69) is 9.69 Å². The summed E-state index contributed by atoms with van der Waals surface area (Å²) in [6, 6.07) is 6.40. The molecule has 0 aliphatic carbocycles. The molecule has 16 heavy (non-hydrogen) atoms. The zero-order valence-electron chi connectivity index (χ0n) is 8.83. The van der Waals surface area contributed by atoms with E-state index in [9.17, 15) is 4.39 Å². The van der Waals surface area contributed by atoms with E-state index < -0.39 is 0 Å². The molecule has 3 N–H and O–H groups in total. The number of nitrogens with zero attached hydrogens (tertiary/aromatic N) is 1. The molecule has 84 valence electrons. The largest absolute Gasteiger partial charge is 0.383 e. The minimum atomic E-state index is -0.220. The molecule has 0 aliphatic heterocycles. The molecule has 0 amide bonds. The third kappa shape index (κ3) is 2.30. The lowest BCUT2D eigenvalue weighted by Gasteiger charge is -2.04. The van der Waals surface area contributed by atoms with Gasteiger partial charge in [-0.05, 0) is 36.2 Å². The molecule has 5 heteroatoms. The molecule has 0 spiro atoms. The Morgan fingerprint density at radius 3 is 2.62 bits per heavy atom. The minimum Gasteiger partial charge on any atom is -0.383 e. The van der Waals surface area contributed by atoms with E-state index in [1.165, 1.54) is 23.7 Å². The molecule has 2 rings (SSSR count). The second-order valence-corrected chi connectivity index (χ2v) is 4.28. The van der Waals surface area contributed by atoms with Crippen LogP contribution >= 0.6 is 11.5 Å². The summed E-state index contributed by atoms with van der Waals surface area (Å²) in [6.07, 6.45) is 0. The van der Waals surface area contributed by atoms with Crippen LogP contribution in [0.5, 0.6) is 0 Å². The van der Waals surface area contributed by atoms with Gasteiger partial charge < -0.3 is 11.1 Å². The van der Waals surface area contributed by atoms with Crippen LogP contribution in [0.4, 0.5) is 15.2 Å². The molecule has 3 nitrogen and oxygen atoms in total. The summed E-state index contributed by atoms with van der Waals surface area (Å²) in [7, 11) is 0. The first-order valence-corrected chi connectivity index (χ1v) is 5.64. The summed E-state index contributed by atoms with van der Waals surface area (Å²) in [5.74, 6) is 0.341. The van der Waals surface area contributed by atoms with E-state index in [0.29, 0.717) is 12.4 Å². The topological polar surface area (TPSA) is 50.9 Å². The number of anilines is 2. The lowest BCUT2D eigenvalue weighted by molar-refractivity contribution is 0.627. The number of nitrogens with one attached hydrogen (secondary N) is 1. The van der Waals surface area contributed by atoms with Gasteiger partial charge in [0.05, 0.1) is 0 Å². The highest BCUT2D eigenvalue weighted by atomic mass is 32.1. The van der Waals surface area contributed by atoms with Gasteiger partial charge in [-0.25, -0.2) is 4.39 Å². The third-order valence-corrected chi connectivity index (χ3v) is 3.25. The number of nitrogens with two attached hydrogens (primary N) is 1. The molecule has 0 saturated heterocycles. The maximum atomic E-state index is 12.7. The fourth-order valence-electron chi connectivity index (χ4n) is 1.30. The first-order chi connectivity index (χ1) is 7.66. The van der Waals surface area contributed by atoms with Crippen LogP contribution in [-0.4, -0.2) is 4.37 Å². The van der Waals surface area contributed by atoms with Crippen LogP contribution in [0.25, 0.3) is 0 Å². The first kappa shape index (κ1) is 10.9. The van der Waals surface area contributed by atoms with Crippen molar-refractivity contribution in [1.82, 2.24) is 4.37 Å². The summed E-state index contributed by atoms with van der Waals surface area (Å²) >= 11 is 1.34. The molecule has 1 aromatic carbocycles. The Kier molecular flexibility index (Phi) is 3.05. The highest BCUT2D eigenvalue weighted by molar-refractivity contribution is 7.10. The SMILES string of the molecule is Cc1c(N)nsc1NCc1ccc(F)cc1. The number of benzene rings is 1. The Hall–Kier alpha value is -1.62. The van der Waals surface area contributed by atoms with Gasteiger partial charge in [0, 0.05) is 12.1 Å². The zero-order chi connectivity index (χ0) is 11.5. The van der Waals surface area contributed by atoms with Gasteiger partial charge in [0.1, 0.15) is 16.6 Å². The van der Waals surface area contributed by atoms with Crippen molar-refractivity contribution >= 4 is 22.4 Å². The number of halogens is 1. The van der Waals surface area contributed by atoms with E-state index in [-0.39, 0.29) is 5.82 Å². The fraction of sp³-hybridized carbons (Fsp3) is 0.182. The predicted octanol–water partition coefficient (Wildman–Crippen LogP) is 2.78. The second kappa shape index (κ2) is 4.49. The molecule has 2 aromatic rings. The van der Waals surface area contributed by atoms with Crippen LogP contribution in [0.15, 0.2) is 24.3 Å². The molecule has 0 aliphatic rings. The van der Waals surface area contributed by atoms with Crippen molar-refractivity contribution in [3.63, 3.8) is 0 Å². The molecule has 0 bridgehead atoms. The maximum absolute atomic E-state index is 12.7. The van der Waals surface area contributed by atoms with Gasteiger partial charge in [0.25, 0.3) is 0 Å². The maximum Gasteiger partial charge on any atom is 0.142 e. The monoisotopic (exact) mass is 237 g/mol. The number of nitrogen functional groups attached to an aromatic ring is 1. The van der Waals surface area contributed by atoms with Crippen LogP contribution in [0.1, 0.15) is 11.1 Å². The van der Waals surface area contributed by atoms with E-state index >= 15 is 0 Å². The van der Waals surface area contributed by atoms with Gasteiger partial charge in [-0.3, -0.25) is 0 Å². The lowest BCUT2D eigenvalue weighted by Crippen LogP contribution is -1.99. The fourth-order valence-corrected chi connectivity index (χ4v) is 2.00. The van der Waals surface area contributed by atoms with Gasteiger partial charge in [0.15, 0.2) is 0 Å². The normalized spacial score (nSPS) is 10.4. The summed E-state index contributed by atoms with van der Waals surface area (Å²) in [6.45, 7) is 2.56. The third-order valence-electron chi connectivity index (χ3n) is 2.33. The number of hydrogen-bond donors (Lipinski definition) is 2. The molecule has 0 saturated carbocycles. The van der Waals surface area contributed by atoms with Crippen LogP contribution in [0.2, 0.25) is 0 Å². The van der Waals surface area contributed by atoms with Crippen molar-refractivity contribution in [3.8, 4) is 0 Å². The van der Waals surface area contributed by atoms with Gasteiger partial charge in [-0.2, -0.15) is 4.37 Å². The van der Waals surface area contributed by atoms with Crippen LogP contribution < -0.4 is 11.1 Å². The quantitative estimate of drug-likeness (QED) is 0.863. The lowest BCUT2D eigenvalue weighted by atomic mass is 10.2. The van der Waals surface area contributed by atoms with Crippen molar-refractivity contribution in [2.45, 2.75) is 13.5 Å². The Labute approximate surface area is 97.3 Å². The van der Waals surface area contributed by atoms with Crippen LogP contribution in [0, 0.1) is 12.7 Å². The average molecular weight is 237 g/mol. The van der Waals surface area contributed by atoms with E-state index in [1.54, 1.807) is 12.1 Å². The summed E-state index contributed by atoms with van der Waals surface area (Å²) in [5.41, 5.74) is 7.63. The van der Waals surface area contributed by atoms with E-state index in [1.807, 2.05) is 6.92 Å².